The molecule has 0 amide bonds. The molecule has 4 rings (SSSR count). The summed E-state index contributed by atoms with van der Waals surface area (Å²) < 4.78 is 5.70. The van der Waals surface area contributed by atoms with Crippen LogP contribution in [0.3, 0.4) is 0 Å². The topological polar surface area (TPSA) is 63.3 Å². The summed E-state index contributed by atoms with van der Waals surface area (Å²) in [6.07, 6.45) is 0. The molecule has 2 aromatic heterocycles. The predicted molar refractivity (Wildman–Crippen MR) is 90.7 cm³/mol. The van der Waals surface area contributed by atoms with Crippen molar-refractivity contribution in [3.05, 3.63) is 70.2 Å². The van der Waals surface area contributed by atoms with E-state index in [0.29, 0.717) is 16.7 Å². The van der Waals surface area contributed by atoms with Gasteiger partial charge in [-0.05, 0) is 12.1 Å². The van der Waals surface area contributed by atoms with Crippen LogP contribution in [0.25, 0.3) is 33.0 Å². The lowest BCUT2D eigenvalue weighted by molar-refractivity contribution is 0.448. The normalized spacial score (nSPS) is 11.0. The van der Waals surface area contributed by atoms with Gasteiger partial charge < -0.3 is 9.52 Å². The monoisotopic (exact) mass is 321 g/mol. The van der Waals surface area contributed by atoms with E-state index >= 15 is 0 Å². The van der Waals surface area contributed by atoms with Gasteiger partial charge in [-0.2, -0.15) is 0 Å². The van der Waals surface area contributed by atoms with Gasteiger partial charge in [0.15, 0.2) is 5.76 Å². The highest BCUT2D eigenvalue weighted by molar-refractivity contribution is 7.13. The van der Waals surface area contributed by atoms with E-state index in [-0.39, 0.29) is 5.76 Å². The molecule has 0 aliphatic carbocycles. The fourth-order valence-corrected chi connectivity index (χ4v) is 3.20. The Morgan fingerprint density at radius 3 is 2.57 bits per heavy atom. The van der Waals surface area contributed by atoms with Crippen molar-refractivity contribution in [2.75, 3.05) is 0 Å². The summed E-state index contributed by atoms with van der Waals surface area (Å²) >= 11 is 1.43. The van der Waals surface area contributed by atoms with E-state index in [4.69, 9.17) is 4.42 Å². The fourth-order valence-electron chi connectivity index (χ4n) is 2.40. The highest BCUT2D eigenvalue weighted by Crippen LogP contribution is 2.33. The number of aromatic nitrogens is 1. The lowest BCUT2D eigenvalue weighted by atomic mass is 10.2. The van der Waals surface area contributed by atoms with Gasteiger partial charge in [-0.25, -0.2) is 4.98 Å². The molecule has 0 aliphatic rings. The number of para-hydroxylation sites is 1. The molecule has 0 unspecified atom stereocenters. The molecular weight excluding hydrogens is 310 g/mol. The lowest BCUT2D eigenvalue weighted by Crippen LogP contribution is -2.02. The number of hydrogen-bond donors (Lipinski definition) is 1. The first-order valence-corrected chi connectivity index (χ1v) is 7.88. The van der Waals surface area contributed by atoms with Crippen molar-refractivity contribution < 1.29 is 9.52 Å². The third kappa shape index (κ3) is 2.31. The molecule has 4 nitrogen and oxygen atoms in total. The molecule has 2 aromatic carbocycles. The van der Waals surface area contributed by atoms with Crippen LogP contribution in [0.15, 0.2) is 69.2 Å². The van der Waals surface area contributed by atoms with Crippen molar-refractivity contribution in [1.29, 1.82) is 0 Å². The van der Waals surface area contributed by atoms with Gasteiger partial charge in [0.2, 0.25) is 11.2 Å². The summed E-state index contributed by atoms with van der Waals surface area (Å²) in [6, 6.07) is 16.6. The maximum absolute atomic E-state index is 12.3. The SMILES string of the molecule is O=c1c(O)c(-c2csc(-c3ccccc3)n2)oc2ccccc12. The third-order valence-corrected chi connectivity index (χ3v) is 4.42. The Bertz CT molecular complexity index is 1050. The van der Waals surface area contributed by atoms with Gasteiger partial charge in [0.05, 0.1) is 5.39 Å². The Kier molecular flexibility index (Phi) is 3.20. The van der Waals surface area contributed by atoms with Crippen LogP contribution in [0.5, 0.6) is 5.75 Å². The van der Waals surface area contributed by atoms with E-state index in [9.17, 15) is 9.90 Å². The molecule has 0 saturated carbocycles. The smallest absolute Gasteiger partial charge is 0.235 e. The van der Waals surface area contributed by atoms with Crippen molar-refractivity contribution in [1.82, 2.24) is 4.98 Å². The summed E-state index contributed by atoms with van der Waals surface area (Å²) in [5.41, 5.74) is 1.41. The van der Waals surface area contributed by atoms with Crippen LogP contribution < -0.4 is 5.43 Å². The van der Waals surface area contributed by atoms with Gasteiger partial charge in [0, 0.05) is 10.9 Å². The second kappa shape index (κ2) is 5.37. The van der Waals surface area contributed by atoms with Crippen molar-refractivity contribution in [3.8, 4) is 27.8 Å². The number of rotatable bonds is 2. The zero-order chi connectivity index (χ0) is 15.8. The summed E-state index contributed by atoms with van der Waals surface area (Å²) in [5.74, 6) is -0.305. The Hall–Kier alpha value is -2.92. The highest BCUT2D eigenvalue weighted by atomic mass is 32.1. The molecule has 0 saturated heterocycles. The minimum Gasteiger partial charge on any atom is -0.501 e. The van der Waals surface area contributed by atoms with Crippen LogP contribution in [0, 0.1) is 0 Å². The summed E-state index contributed by atoms with van der Waals surface area (Å²) in [4.78, 5) is 16.8. The first kappa shape index (κ1) is 13.7. The van der Waals surface area contributed by atoms with E-state index in [1.807, 2.05) is 30.3 Å². The Balaban J connectivity index is 1.89. The Morgan fingerprint density at radius 1 is 1.00 bits per heavy atom. The van der Waals surface area contributed by atoms with Crippen molar-refractivity contribution in [3.63, 3.8) is 0 Å². The van der Waals surface area contributed by atoms with Crippen LogP contribution in [-0.2, 0) is 0 Å². The van der Waals surface area contributed by atoms with Gasteiger partial charge in [-0.1, -0.05) is 42.5 Å². The minimum atomic E-state index is -0.448. The quantitative estimate of drug-likeness (QED) is 0.598. The first-order chi connectivity index (χ1) is 11.2. The van der Waals surface area contributed by atoms with E-state index < -0.39 is 11.2 Å². The molecular formula is C18H11NO3S. The van der Waals surface area contributed by atoms with Crippen LogP contribution in [0.1, 0.15) is 0 Å². The van der Waals surface area contributed by atoms with Crippen molar-refractivity contribution in [2.24, 2.45) is 0 Å². The lowest BCUT2D eigenvalue weighted by Gasteiger charge is -2.03. The number of aromatic hydroxyl groups is 1. The maximum atomic E-state index is 12.3. The molecule has 0 spiro atoms. The van der Waals surface area contributed by atoms with E-state index in [2.05, 4.69) is 4.98 Å². The van der Waals surface area contributed by atoms with Gasteiger partial charge in [-0.3, -0.25) is 4.79 Å². The average molecular weight is 321 g/mol. The van der Waals surface area contributed by atoms with Crippen molar-refractivity contribution >= 4 is 22.3 Å². The Morgan fingerprint density at radius 2 is 1.74 bits per heavy atom. The number of benzene rings is 2. The van der Waals surface area contributed by atoms with Gasteiger partial charge in [0.25, 0.3) is 0 Å². The van der Waals surface area contributed by atoms with Gasteiger partial charge in [-0.15, -0.1) is 11.3 Å². The Labute approximate surface area is 135 Å². The van der Waals surface area contributed by atoms with Gasteiger partial charge >= 0.3 is 0 Å². The summed E-state index contributed by atoms with van der Waals surface area (Å²) in [5, 5.41) is 13.1. The molecule has 23 heavy (non-hydrogen) atoms. The number of nitrogens with zero attached hydrogens (tertiary/aromatic N) is 1. The molecule has 0 atom stereocenters. The molecule has 112 valence electrons. The molecule has 0 bridgehead atoms. The van der Waals surface area contributed by atoms with E-state index in [1.54, 1.807) is 29.6 Å². The average Bonchev–Trinajstić information content (AvgIpc) is 3.09. The second-order valence-corrected chi connectivity index (χ2v) is 5.87. The zero-order valence-electron chi connectivity index (χ0n) is 11.9. The number of hydrogen-bond acceptors (Lipinski definition) is 5. The molecule has 1 N–H and O–H groups in total. The molecule has 0 radical (unpaired) electrons. The number of fused-ring (bicyclic) bond motifs is 1. The summed E-state index contributed by atoms with van der Waals surface area (Å²) in [7, 11) is 0. The van der Waals surface area contributed by atoms with Crippen molar-refractivity contribution in [2.45, 2.75) is 0 Å². The second-order valence-electron chi connectivity index (χ2n) is 5.01. The molecule has 0 fully saturated rings. The van der Waals surface area contributed by atoms with E-state index in [0.717, 1.165) is 10.6 Å². The molecule has 0 aliphatic heterocycles. The van der Waals surface area contributed by atoms with Gasteiger partial charge in [0.1, 0.15) is 16.3 Å². The predicted octanol–water partition coefficient (Wildman–Crippen LogP) is 4.29. The zero-order valence-corrected chi connectivity index (χ0v) is 12.7. The van der Waals surface area contributed by atoms with Crippen LogP contribution in [0.2, 0.25) is 0 Å². The highest BCUT2D eigenvalue weighted by Gasteiger charge is 2.17. The number of thiazole rings is 1. The van der Waals surface area contributed by atoms with E-state index in [1.165, 1.54) is 11.3 Å². The third-order valence-electron chi connectivity index (χ3n) is 3.53. The van der Waals surface area contributed by atoms with Crippen LogP contribution in [0.4, 0.5) is 0 Å². The molecule has 4 aromatic rings. The summed E-state index contributed by atoms with van der Waals surface area (Å²) in [6.45, 7) is 0. The molecule has 2 heterocycles. The first-order valence-electron chi connectivity index (χ1n) is 7.00. The minimum absolute atomic E-state index is 0.104. The molecule has 5 heteroatoms. The largest absolute Gasteiger partial charge is 0.501 e. The standard InChI is InChI=1S/C18H11NO3S/c20-15-12-8-4-5-9-14(12)22-17(16(15)21)13-10-23-18(19-13)11-6-2-1-3-7-11/h1-10,21H. The van der Waals surface area contributed by atoms with Crippen LogP contribution in [-0.4, -0.2) is 10.1 Å². The maximum Gasteiger partial charge on any atom is 0.235 e. The van der Waals surface area contributed by atoms with Crippen LogP contribution >= 0.6 is 11.3 Å². The fraction of sp³-hybridized carbons (Fsp3) is 0.